The van der Waals surface area contributed by atoms with Gasteiger partial charge in [0.15, 0.2) is 0 Å². The number of hydrogen-bond acceptors (Lipinski definition) is 4. The number of thioether (sulfide) groups is 2. The predicted molar refractivity (Wildman–Crippen MR) is 81.4 cm³/mol. The lowest BCUT2D eigenvalue weighted by Gasteiger charge is -2.08. The van der Waals surface area contributed by atoms with Gasteiger partial charge in [-0.1, -0.05) is 6.42 Å². The Morgan fingerprint density at radius 1 is 0.647 bits per heavy atom. The smallest absolute Gasteiger partial charge is 0.0466 e. The van der Waals surface area contributed by atoms with Gasteiger partial charge in [-0.3, -0.25) is 0 Å². The summed E-state index contributed by atoms with van der Waals surface area (Å²) in [5.41, 5.74) is 0. The fourth-order valence-corrected chi connectivity index (χ4v) is 3.52. The van der Waals surface area contributed by atoms with Crippen LogP contribution in [-0.2, 0) is 4.74 Å². The van der Waals surface area contributed by atoms with Crippen molar-refractivity contribution in [3.63, 3.8) is 0 Å². The molecule has 4 heteroatoms. The maximum atomic E-state index is 4.94. The summed E-state index contributed by atoms with van der Waals surface area (Å²) in [4.78, 5) is 0. The summed E-state index contributed by atoms with van der Waals surface area (Å²) in [6, 6.07) is 0. The van der Waals surface area contributed by atoms with Crippen LogP contribution < -0.4 is 5.32 Å². The van der Waals surface area contributed by atoms with E-state index in [0.717, 1.165) is 13.2 Å². The largest absolute Gasteiger partial charge is 0.381 e. The quantitative estimate of drug-likeness (QED) is 0.734. The lowest BCUT2D eigenvalue weighted by atomic mass is 10.3. The zero-order chi connectivity index (χ0) is 12.0. The second-order valence-electron chi connectivity index (χ2n) is 4.35. The molecule has 0 bridgehead atoms. The number of rotatable bonds is 0. The number of hydrogen-bond donors (Lipinski definition) is 1. The molecule has 0 aromatic rings. The van der Waals surface area contributed by atoms with E-state index >= 15 is 0 Å². The summed E-state index contributed by atoms with van der Waals surface area (Å²) < 4.78 is 4.94. The highest BCUT2D eigenvalue weighted by Gasteiger charge is 1.96. The van der Waals surface area contributed by atoms with Crippen molar-refractivity contribution in [3.05, 3.63) is 0 Å². The van der Waals surface area contributed by atoms with Crippen LogP contribution in [0.15, 0.2) is 0 Å². The van der Waals surface area contributed by atoms with Gasteiger partial charge in [-0.05, 0) is 37.2 Å². The molecule has 3 heterocycles. The summed E-state index contributed by atoms with van der Waals surface area (Å²) >= 11 is 4.13. The van der Waals surface area contributed by atoms with Crippen molar-refractivity contribution in [2.75, 3.05) is 49.3 Å². The second kappa shape index (κ2) is 13.1. The van der Waals surface area contributed by atoms with Crippen LogP contribution in [0, 0.1) is 0 Å². The van der Waals surface area contributed by atoms with Crippen LogP contribution >= 0.6 is 23.5 Å². The van der Waals surface area contributed by atoms with Crippen LogP contribution in [0.25, 0.3) is 0 Å². The molecule has 0 radical (unpaired) electrons. The van der Waals surface area contributed by atoms with Gasteiger partial charge >= 0.3 is 0 Å². The Balaban J connectivity index is 0.000000128. The van der Waals surface area contributed by atoms with Gasteiger partial charge in [0, 0.05) is 37.8 Å². The molecule has 17 heavy (non-hydrogen) atoms. The van der Waals surface area contributed by atoms with E-state index in [1.54, 1.807) is 0 Å². The molecule has 3 aliphatic rings. The molecule has 0 aromatic carbocycles. The Kier molecular flexibility index (Phi) is 12.0. The lowest BCUT2D eigenvalue weighted by Crippen LogP contribution is -2.24. The minimum absolute atomic E-state index is 1.00. The minimum Gasteiger partial charge on any atom is -0.381 e. The zero-order valence-corrected chi connectivity index (χ0v) is 12.6. The molecule has 0 atom stereocenters. The maximum absolute atomic E-state index is 4.94. The van der Waals surface area contributed by atoms with Crippen molar-refractivity contribution in [3.8, 4) is 0 Å². The molecular formula is C13H27NOS2. The molecule has 3 saturated heterocycles. The third kappa shape index (κ3) is 11.4. The van der Waals surface area contributed by atoms with Gasteiger partial charge in [-0.25, -0.2) is 0 Å². The summed E-state index contributed by atoms with van der Waals surface area (Å²) in [6.45, 7) is 4.43. The first-order valence-corrected chi connectivity index (χ1v) is 9.25. The Morgan fingerprint density at radius 2 is 1.24 bits per heavy atom. The minimum atomic E-state index is 1.00. The molecular weight excluding hydrogens is 250 g/mol. The Bertz CT molecular complexity index is 104. The van der Waals surface area contributed by atoms with Gasteiger partial charge in [0.05, 0.1) is 0 Å². The van der Waals surface area contributed by atoms with Gasteiger partial charge in [0.25, 0.3) is 0 Å². The van der Waals surface area contributed by atoms with Gasteiger partial charge in [-0.2, -0.15) is 23.5 Å². The van der Waals surface area contributed by atoms with Crippen molar-refractivity contribution in [2.24, 2.45) is 0 Å². The summed E-state index contributed by atoms with van der Waals surface area (Å²) in [5, 5.41) is 3.26. The lowest BCUT2D eigenvalue weighted by molar-refractivity contribution is 0.198. The predicted octanol–water partition coefficient (Wildman–Crippen LogP) is 3.02. The fourth-order valence-electron chi connectivity index (χ4n) is 1.71. The van der Waals surface area contributed by atoms with Gasteiger partial charge in [0.2, 0.25) is 0 Å². The number of nitrogens with one attached hydrogen (secondary N) is 1. The first kappa shape index (κ1) is 15.7. The molecule has 0 unspecified atom stereocenters. The van der Waals surface area contributed by atoms with E-state index in [2.05, 4.69) is 17.1 Å². The summed E-state index contributed by atoms with van der Waals surface area (Å²) in [6.07, 6.45) is 6.96. The van der Waals surface area contributed by atoms with E-state index in [-0.39, 0.29) is 0 Å². The van der Waals surface area contributed by atoms with Crippen LogP contribution in [0.4, 0.5) is 0 Å². The average Bonchev–Trinajstić information content (AvgIpc) is 3.03. The van der Waals surface area contributed by atoms with E-state index in [1.807, 2.05) is 11.8 Å². The maximum Gasteiger partial charge on any atom is 0.0466 e. The topological polar surface area (TPSA) is 21.3 Å². The van der Waals surface area contributed by atoms with E-state index in [1.165, 1.54) is 68.2 Å². The van der Waals surface area contributed by atoms with Crippen molar-refractivity contribution in [2.45, 2.75) is 32.1 Å². The van der Waals surface area contributed by atoms with Crippen molar-refractivity contribution in [1.29, 1.82) is 0 Å². The third-order valence-electron chi connectivity index (χ3n) is 2.75. The van der Waals surface area contributed by atoms with Crippen molar-refractivity contribution < 1.29 is 4.74 Å². The Labute approximate surface area is 115 Å². The standard InChI is InChI=1S/C5H10S.C4H9NS.C4H8O/c1-2-4-6-5-3-1;1-3-6-4-2-5-1;1-2-4-5-3-1/h1-5H2;5H,1-4H2;1-4H2. The molecule has 0 aliphatic carbocycles. The normalized spacial score (nSPS) is 24.0. The highest BCUT2D eigenvalue weighted by Crippen LogP contribution is 2.14. The van der Waals surface area contributed by atoms with E-state index in [9.17, 15) is 0 Å². The molecule has 0 amide bonds. The Morgan fingerprint density at radius 3 is 1.41 bits per heavy atom. The zero-order valence-electron chi connectivity index (χ0n) is 10.9. The van der Waals surface area contributed by atoms with Crippen LogP contribution in [0.3, 0.4) is 0 Å². The van der Waals surface area contributed by atoms with Gasteiger partial charge < -0.3 is 10.1 Å². The summed E-state index contributed by atoms with van der Waals surface area (Å²) in [7, 11) is 0. The van der Waals surface area contributed by atoms with Gasteiger partial charge in [0.1, 0.15) is 0 Å². The fraction of sp³-hybridized carbons (Fsp3) is 1.00. The van der Waals surface area contributed by atoms with Crippen LogP contribution in [0.1, 0.15) is 32.1 Å². The molecule has 3 fully saturated rings. The summed E-state index contributed by atoms with van der Waals surface area (Å²) in [5.74, 6) is 5.44. The molecule has 102 valence electrons. The third-order valence-corrected chi connectivity index (χ3v) is 4.89. The van der Waals surface area contributed by atoms with E-state index < -0.39 is 0 Å². The van der Waals surface area contributed by atoms with E-state index in [4.69, 9.17) is 4.74 Å². The van der Waals surface area contributed by atoms with Crippen molar-refractivity contribution >= 4 is 23.5 Å². The van der Waals surface area contributed by atoms with E-state index in [0.29, 0.717) is 0 Å². The SMILES string of the molecule is C1CCOC1.C1CCSCC1.C1CSCCN1. The Hall–Kier alpha value is 0.620. The molecule has 0 aromatic heterocycles. The monoisotopic (exact) mass is 277 g/mol. The van der Waals surface area contributed by atoms with Crippen molar-refractivity contribution in [1.82, 2.24) is 5.32 Å². The molecule has 0 saturated carbocycles. The molecule has 3 aliphatic heterocycles. The number of ether oxygens (including phenoxy) is 1. The van der Waals surface area contributed by atoms with Crippen LogP contribution in [0.5, 0.6) is 0 Å². The first-order valence-electron chi connectivity index (χ1n) is 6.94. The molecule has 1 N–H and O–H groups in total. The molecule has 2 nitrogen and oxygen atoms in total. The average molecular weight is 277 g/mol. The first-order chi connectivity index (χ1) is 8.50. The highest BCUT2D eigenvalue weighted by atomic mass is 32.2. The highest BCUT2D eigenvalue weighted by molar-refractivity contribution is 7.99. The van der Waals surface area contributed by atoms with Gasteiger partial charge in [-0.15, -0.1) is 0 Å². The molecule has 0 spiro atoms. The molecule has 3 rings (SSSR count). The second-order valence-corrected chi connectivity index (χ2v) is 6.80. The van der Waals surface area contributed by atoms with Crippen LogP contribution in [-0.4, -0.2) is 49.3 Å². The van der Waals surface area contributed by atoms with Crippen LogP contribution in [0.2, 0.25) is 0 Å².